The molecule has 1 saturated heterocycles. The molecule has 3 rings (SSSR count). The van der Waals surface area contributed by atoms with Crippen LogP contribution < -0.4 is 14.8 Å². The molecule has 12 heteroatoms. The third-order valence-corrected chi connectivity index (χ3v) is 5.38. The molecule has 0 saturated carbocycles. The molecule has 0 unspecified atom stereocenters. The summed E-state index contributed by atoms with van der Waals surface area (Å²) in [6.45, 7) is -1.15. The third-order valence-electron chi connectivity index (χ3n) is 4.19. The number of rotatable bonds is 8. The average molecular weight is 495 g/mol. The van der Waals surface area contributed by atoms with E-state index in [0.717, 1.165) is 17.0 Å². The fourth-order valence-electron chi connectivity index (χ4n) is 2.76. The van der Waals surface area contributed by atoms with Crippen LogP contribution in [-0.2, 0) is 14.4 Å². The SMILES string of the molecule is COc1cc(/C=C2\SC(=O)N(CC(=O)Nc3ccc(F)cc3)C2=O)cc(Cl)c1OCC(=O)O. The molecule has 1 aliphatic rings. The van der Waals surface area contributed by atoms with Crippen LogP contribution in [0.1, 0.15) is 5.56 Å². The number of imide groups is 1. The molecule has 1 fully saturated rings. The van der Waals surface area contributed by atoms with Crippen LogP contribution >= 0.6 is 23.4 Å². The number of carboxylic acids is 1. The normalized spacial score (nSPS) is 14.5. The van der Waals surface area contributed by atoms with E-state index < -0.39 is 42.0 Å². The Morgan fingerprint density at radius 3 is 2.58 bits per heavy atom. The molecule has 0 bridgehead atoms. The van der Waals surface area contributed by atoms with Gasteiger partial charge in [-0.15, -0.1) is 0 Å². The number of aliphatic carboxylic acids is 1. The predicted molar refractivity (Wildman–Crippen MR) is 119 cm³/mol. The maximum Gasteiger partial charge on any atom is 0.341 e. The highest BCUT2D eigenvalue weighted by Crippen LogP contribution is 2.39. The van der Waals surface area contributed by atoms with E-state index in [1.54, 1.807) is 0 Å². The minimum absolute atomic E-state index is 0.0179. The molecular formula is C21H16ClFN2O7S. The summed E-state index contributed by atoms with van der Waals surface area (Å²) in [7, 11) is 1.33. The summed E-state index contributed by atoms with van der Waals surface area (Å²) in [4.78, 5) is 48.7. The molecule has 0 atom stereocenters. The summed E-state index contributed by atoms with van der Waals surface area (Å²) < 4.78 is 23.3. The van der Waals surface area contributed by atoms with Crippen LogP contribution in [0.3, 0.4) is 0 Å². The minimum Gasteiger partial charge on any atom is -0.493 e. The van der Waals surface area contributed by atoms with Gasteiger partial charge in [0.1, 0.15) is 12.4 Å². The highest BCUT2D eigenvalue weighted by Gasteiger charge is 2.36. The maximum atomic E-state index is 13.0. The number of carbonyl (C=O) groups excluding carboxylic acids is 3. The average Bonchev–Trinajstić information content (AvgIpc) is 3.01. The molecule has 172 valence electrons. The van der Waals surface area contributed by atoms with Gasteiger partial charge in [-0.2, -0.15) is 0 Å². The summed E-state index contributed by atoms with van der Waals surface area (Å²) in [5.74, 6) is -2.83. The van der Waals surface area contributed by atoms with Crippen LogP contribution in [0.25, 0.3) is 6.08 Å². The van der Waals surface area contributed by atoms with E-state index in [2.05, 4.69) is 5.32 Å². The molecule has 0 spiro atoms. The number of methoxy groups -OCH3 is 1. The molecule has 3 amide bonds. The van der Waals surface area contributed by atoms with Crippen molar-refractivity contribution in [2.75, 3.05) is 25.6 Å². The van der Waals surface area contributed by atoms with Crippen molar-refractivity contribution >= 4 is 58.1 Å². The number of anilines is 1. The molecule has 1 aliphatic heterocycles. The maximum absolute atomic E-state index is 13.0. The van der Waals surface area contributed by atoms with Crippen molar-refractivity contribution in [3.63, 3.8) is 0 Å². The number of carboxylic acid groups (broad SMARTS) is 1. The molecule has 2 aromatic carbocycles. The van der Waals surface area contributed by atoms with Gasteiger partial charge in [-0.05, 0) is 59.8 Å². The number of hydrogen-bond donors (Lipinski definition) is 2. The zero-order valence-corrected chi connectivity index (χ0v) is 18.5. The van der Waals surface area contributed by atoms with E-state index in [4.69, 9.17) is 26.2 Å². The molecule has 1 heterocycles. The first kappa shape index (κ1) is 24.1. The van der Waals surface area contributed by atoms with Gasteiger partial charge in [0.05, 0.1) is 17.0 Å². The quantitative estimate of drug-likeness (QED) is 0.533. The Morgan fingerprint density at radius 2 is 1.94 bits per heavy atom. The number of hydrogen-bond acceptors (Lipinski definition) is 7. The van der Waals surface area contributed by atoms with Gasteiger partial charge in [-0.1, -0.05) is 11.6 Å². The third kappa shape index (κ3) is 6.02. The van der Waals surface area contributed by atoms with Crippen LogP contribution in [0, 0.1) is 5.82 Å². The molecule has 0 aromatic heterocycles. The standard InChI is InChI=1S/C21H16ClFN2O7S/c1-31-15-7-11(6-14(22)19(15)32-10-18(27)28)8-16-20(29)25(21(30)33-16)9-17(26)24-13-4-2-12(23)3-5-13/h2-8H,9-10H2,1H3,(H,24,26)(H,27,28)/b16-8-. The Balaban J connectivity index is 1.74. The first-order valence-corrected chi connectivity index (χ1v) is 10.4. The van der Waals surface area contributed by atoms with Crippen LogP contribution in [0.4, 0.5) is 14.9 Å². The monoisotopic (exact) mass is 494 g/mol. The lowest BCUT2D eigenvalue weighted by Crippen LogP contribution is -2.36. The van der Waals surface area contributed by atoms with Crippen molar-refractivity contribution in [2.45, 2.75) is 0 Å². The van der Waals surface area contributed by atoms with Gasteiger partial charge in [0.25, 0.3) is 11.1 Å². The fraction of sp³-hybridized carbons (Fsp3) is 0.143. The zero-order chi connectivity index (χ0) is 24.1. The molecule has 2 aromatic rings. The van der Waals surface area contributed by atoms with Gasteiger partial charge in [-0.3, -0.25) is 19.3 Å². The number of ether oxygens (including phenoxy) is 2. The Bertz CT molecular complexity index is 1150. The van der Waals surface area contributed by atoms with Crippen molar-refractivity contribution in [1.29, 1.82) is 0 Å². The van der Waals surface area contributed by atoms with Crippen molar-refractivity contribution < 1.29 is 38.1 Å². The number of carbonyl (C=O) groups is 4. The van der Waals surface area contributed by atoms with Gasteiger partial charge < -0.3 is 19.9 Å². The van der Waals surface area contributed by atoms with Crippen molar-refractivity contribution in [3.8, 4) is 11.5 Å². The molecule has 9 nitrogen and oxygen atoms in total. The van der Waals surface area contributed by atoms with Crippen LogP contribution in [0.15, 0.2) is 41.3 Å². The Hall–Kier alpha value is -3.57. The summed E-state index contributed by atoms with van der Waals surface area (Å²) in [5.41, 5.74) is 0.705. The van der Waals surface area contributed by atoms with E-state index in [-0.39, 0.29) is 21.4 Å². The van der Waals surface area contributed by atoms with E-state index in [1.807, 2.05) is 0 Å². The van der Waals surface area contributed by atoms with Crippen LogP contribution in [0.2, 0.25) is 5.02 Å². The number of nitrogens with zero attached hydrogens (tertiary/aromatic N) is 1. The number of halogens is 2. The summed E-state index contributed by atoms with van der Waals surface area (Å²) in [6.07, 6.45) is 1.39. The molecule has 2 N–H and O–H groups in total. The van der Waals surface area contributed by atoms with Crippen LogP contribution in [-0.4, -0.2) is 53.3 Å². The van der Waals surface area contributed by atoms with E-state index in [9.17, 15) is 23.6 Å². The first-order valence-electron chi connectivity index (χ1n) is 9.21. The molecule has 0 aliphatic carbocycles. The minimum atomic E-state index is -1.20. The smallest absolute Gasteiger partial charge is 0.341 e. The van der Waals surface area contributed by atoms with Gasteiger partial charge >= 0.3 is 5.97 Å². The summed E-state index contributed by atoms with van der Waals surface area (Å²) in [5, 5.41) is 10.7. The first-order chi connectivity index (χ1) is 15.7. The van der Waals surface area contributed by atoms with E-state index >= 15 is 0 Å². The second-order valence-electron chi connectivity index (χ2n) is 6.54. The number of benzene rings is 2. The van der Waals surface area contributed by atoms with Gasteiger partial charge in [0.2, 0.25) is 5.91 Å². The highest BCUT2D eigenvalue weighted by atomic mass is 35.5. The van der Waals surface area contributed by atoms with Crippen LogP contribution in [0.5, 0.6) is 11.5 Å². The van der Waals surface area contributed by atoms with E-state index in [0.29, 0.717) is 23.0 Å². The predicted octanol–water partition coefficient (Wildman–Crippen LogP) is 3.63. The van der Waals surface area contributed by atoms with Crippen molar-refractivity contribution in [2.24, 2.45) is 0 Å². The Morgan fingerprint density at radius 1 is 1.24 bits per heavy atom. The fourth-order valence-corrected chi connectivity index (χ4v) is 3.87. The van der Waals surface area contributed by atoms with Gasteiger partial charge in [-0.25, -0.2) is 9.18 Å². The van der Waals surface area contributed by atoms with Crippen molar-refractivity contribution in [1.82, 2.24) is 4.90 Å². The van der Waals surface area contributed by atoms with Gasteiger partial charge in [0, 0.05) is 5.69 Å². The summed E-state index contributed by atoms with van der Waals surface area (Å²) in [6, 6.07) is 7.89. The summed E-state index contributed by atoms with van der Waals surface area (Å²) >= 11 is 6.80. The number of thioether (sulfide) groups is 1. The lowest BCUT2D eigenvalue weighted by Gasteiger charge is -2.13. The van der Waals surface area contributed by atoms with E-state index in [1.165, 1.54) is 37.5 Å². The number of amides is 3. The lowest BCUT2D eigenvalue weighted by molar-refractivity contribution is -0.139. The second kappa shape index (κ2) is 10.4. The zero-order valence-electron chi connectivity index (χ0n) is 17.0. The second-order valence-corrected chi connectivity index (χ2v) is 7.94. The number of nitrogens with one attached hydrogen (secondary N) is 1. The topological polar surface area (TPSA) is 122 Å². The molecule has 0 radical (unpaired) electrons. The highest BCUT2D eigenvalue weighted by molar-refractivity contribution is 8.18. The lowest BCUT2D eigenvalue weighted by atomic mass is 10.1. The largest absolute Gasteiger partial charge is 0.493 e. The Kier molecular flexibility index (Phi) is 7.56. The Labute approximate surface area is 196 Å². The van der Waals surface area contributed by atoms with Crippen molar-refractivity contribution in [3.05, 3.63) is 57.7 Å². The molecular weight excluding hydrogens is 479 g/mol. The van der Waals surface area contributed by atoms with Gasteiger partial charge in [0.15, 0.2) is 18.1 Å². The molecule has 33 heavy (non-hydrogen) atoms.